The molecule has 2 N–H and O–H groups in total. The molecule has 1 aromatic carbocycles. The molecule has 2 fully saturated rings. The second-order valence-electron chi connectivity index (χ2n) is 6.01. The highest BCUT2D eigenvalue weighted by Crippen LogP contribution is 2.44. The Kier molecular flexibility index (Phi) is 2.54. The van der Waals surface area contributed by atoms with Crippen LogP contribution >= 0.6 is 0 Å². The van der Waals surface area contributed by atoms with Crippen LogP contribution in [0.2, 0.25) is 0 Å². The standard InChI is InChI=1S/C15H19FN4/c16-11-4-1-2-5-12(11)20-14(17)18-10-15(20)7-9-19-8-3-6-13(15)19/h1-2,4-5,13H,3,6-10H2,(H2,17,18). The van der Waals surface area contributed by atoms with Crippen LogP contribution in [0.3, 0.4) is 0 Å². The number of guanidine groups is 1. The Hall–Kier alpha value is -1.62. The molecule has 106 valence electrons. The van der Waals surface area contributed by atoms with Crippen molar-refractivity contribution in [2.45, 2.75) is 30.8 Å². The van der Waals surface area contributed by atoms with Gasteiger partial charge in [0.2, 0.25) is 0 Å². The fourth-order valence-electron chi connectivity index (χ4n) is 4.24. The van der Waals surface area contributed by atoms with Crippen molar-refractivity contribution >= 4 is 11.6 Å². The Balaban J connectivity index is 1.80. The normalized spacial score (nSPS) is 33.0. The smallest absolute Gasteiger partial charge is 0.196 e. The van der Waals surface area contributed by atoms with Crippen LogP contribution in [0.5, 0.6) is 0 Å². The second-order valence-corrected chi connectivity index (χ2v) is 6.01. The van der Waals surface area contributed by atoms with Crippen molar-refractivity contribution in [2.75, 3.05) is 24.5 Å². The predicted octanol–water partition coefficient (Wildman–Crippen LogP) is 1.57. The minimum Gasteiger partial charge on any atom is -0.369 e. The fourth-order valence-corrected chi connectivity index (χ4v) is 4.24. The van der Waals surface area contributed by atoms with Gasteiger partial charge in [0.05, 0.1) is 17.8 Å². The third kappa shape index (κ3) is 1.47. The third-order valence-electron chi connectivity index (χ3n) is 5.10. The Morgan fingerprint density at radius 2 is 2.15 bits per heavy atom. The Labute approximate surface area is 118 Å². The molecule has 2 saturated heterocycles. The van der Waals surface area contributed by atoms with Crippen LogP contribution in [0.1, 0.15) is 19.3 Å². The molecular formula is C15H19FN4. The van der Waals surface area contributed by atoms with Gasteiger partial charge in [-0.05, 0) is 37.9 Å². The van der Waals surface area contributed by atoms with E-state index in [0.717, 1.165) is 25.9 Å². The molecule has 1 aromatic rings. The van der Waals surface area contributed by atoms with Crippen molar-refractivity contribution in [3.63, 3.8) is 0 Å². The molecule has 3 heterocycles. The van der Waals surface area contributed by atoms with Crippen LogP contribution in [0.25, 0.3) is 0 Å². The van der Waals surface area contributed by atoms with Crippen LogP contribution in [0, 0.1) is 5.82 Å². The van der Waals surface area contributed by atoms with Gasteiger partial charge in [-0.3, -0.25) is 9.89 Å². The van der Waals surface area contributed by atoms with Crippen LogP contribution in [0.4, 0.5) is 10.1 Å². The minimum atomic E-state index is -0.219. The molecule has 0 amide bonds. The van der Waals surface area contributed by atoms with Crippen LogP contribution < -0.4 is 10.6 Å². The van der Waals surface area contributed by atoms with E-state index in [1.807, 2.05) is 17.0 Å². The lowest BCUT2D eigenvalue weighted by Crippen LogP contribution is -2.58. The number of benzene rings is 1. The van der Waals surface area contributed by atoms with Gasteiger partial charge in [0, 0.05) is 12.6 Å². The molecule has 20 heavy (non-hydrogen) atoms. The van der Waals surface area contributed by atoms with Crippen LogP contribution in [0.15, 0.2) is 29.3 Å². The topological polar surface area (TPSA) is 44.9 Å². The van der Waals surface area contributed by atoms with Gasteiger partial charge in [-0.25, -0.2) is 4.39 Å². The number of fused-ring (bicyclic) bond motifs is 2. The summed E-state index contributed by atoms with van der Waals surface area (Å²) in [4.78, 5) is 8.94. The van der Waals surface area contributed by atoms with Gasteiger partial charge in [0.15, 0.2) is 5.96 Å². The van der Waals surface area contributed by atoms with E-state index in [1.165, 1.54) is 12.5 Å². The van der Waals surface area contributed by atoms with E-state index < -0.39 is 0 Å². The average Bonchev–Trinajstić information content (AvgIpc) is 3.10. The van der Waals surface area contributed by atoms with Crippen LogP contribution in [-0.2, 0) is 0 Å². The molecule has 3 aliphatic heterocycles. The number of nitrogens with zero attached hydrogens (tertiary/aromatic N) is 3. The number of para-hydroxylation sites is 1. The highest BCUT2D eigenvalue weighted by molar-refractivity contribution is 5.98. The van der Waals surface area contributed by atoms with E-state index in [-0.39, 0.29) is 11.4 Å². The summed E-state index contributed by atoms with van der Waals surface area (Å²) in [5.74, 6) is 0.243. The van der Waals surface area contributed by atoms with E-state index in [4.69, 9.17) is 5.73 Å². The van der Waals surface area contributed by atoms with Gasteiger partial charge < -0.3 is 10.6 Å². The lowest BCUT2D eigenvalue weighted by molar-refractivity contribution is 0.274. The highest BCUT2D eigenvalue weighted by atomic mass is 19.1. The summed E-state index contributed by atoms with van der Waals surface area (Å²) < 4.78 is 14.2. The zero-order chi connectivity index (χ0) is 13.7. The zero-order valence-corrected chi connectivity index (χ0v) is 11.4. The summed E-state index contributed by atoms with van der Waals surface area (Å²) in [5.41, 5.74) is 6.54. The van der Waals surface area contributed by atoms with Gasteiger partial charge in [-0.1, -0.05) is 12.1 Å². The van der Waals surface area contributed by atoms with Crippen molar-refractivity contribution in [3.05, 3.63) is 30.1 Å². The Morgan fingerprint density at radius 3 is 3.00 bits per heavy atom. The molecule has 2 unspecified atom stereocenters. The predicted molar refractivity (Wildman–Crippen MR) is 77.3 cm³/mol. The van der Waals surface area contributed by atoms with E-state index >= 15 is 0 Å². The molecule has 0 aliphatic carbocycles. The molecule has 0 radical (unpaired) electrons. The average molecular weight is 274 g/mol. The quantitative estimate of drug-likeness (QED) is 0.845. The molecule has 0 aromatic heterocycles. The number of rotatable bonds is 1. The molecule has 2 atom stereocenters. The van der Waals surface area contributed by atoms with Crippen molar-refractivity contribution in [1.82, 2.24) is 4.90 Å². The van der Waals surface area contributed by atoms with E-state index in [1.54, 1.807) is 6.07 Å². The maximum absolute atomic E-state index is 14.2. The summed E-state index contributed by atoms with van der Waals surface area (Å²) >= 11 is 0. The summed E-state index contributed by atoms with van der Waals surface area (Å²) in [6.07, 6.45) is 3.39. The summed E-state index contributed by atoms with van der Waals surface area (Å²) in [6, 6.07) is 7.33. The molecule has 3 aliphatic rings. The molecule has 4 rings (SSSR count). The molecule has 0 bridgehead atoms. The molecule has 1 spiro atoms. The molecular weight excluding hydrogens is 255 g/mol. The van der Waals surface area contributed by atoms with Gasteiger partial charge >= 0.3 is 0 Å². The van der Waals surface area contributed by atoms with E-state index in [9.17, 15) is 4.39 Å². The zero-order valence-electron chi connectivity index (χ0n) is 11.4. The lowest BCUT2D eigenvalue weighted by atomic mass is 9.87. The fraction of sp³-hybridized carbons (Fsp3) is 0.533. The van der Waals surface area contributed by atoms with Gasteiger partial charge in [0.1, 0.15) is 5.82 Å². The third-order valence-corrected chi connectivity index (χ3v) is 5.10. The maximum atomic E-state index is 14.2. The number of anilines is 1. The highest BCUT2D eigenvalue weighted by Gasteiger charge is 2.56. The van der Waals surface area contributed by atoms with E-state index in [2.05, 4.69) is 9.89 Å². The first-order valence-corrected chi connectivity index (χ1v) is 7.31. The van der Waals surface area contributed by atoms with Gasteiger partial charge in [-0.15, -0.1) is 0 Å². The second kappa shape index (κ2) is 4.19. The number of aliphatic imine (C=N–C) groups is 1. The number of halogens is 1. The molecule has 4 nitrogen and oxygen atoms in total. The number of hydrogen-bond donors (Lipinski definition) is 1. The Bertz CT molecular complexity index is 573. The number of nitrogens with two attached hydrogens (primary N) is 1. The monoisotopic (exact) mass is 274 g/mol. The first-order valence-electron chi connectivity index (χ1n) is 7.31. The maximum Gasteiger partial charge on any atom is 0.196 e. The van der Waals surface area contributed by atoms with Crippen molar-refractivity contribution in [1.29, 1.82) is 0 Å². The number of hydrogen-bond acceptors (Lipinski definition) is 4. The van der Waals surface area contributed by atoms with Crippen molar-refractivity contribution in [3.8, 4) is 0 Å². The molecule has 5 heteroatoms. The van der Waals surface area contributed by atoms with Crippen molar-refractivity contribution in [2.24, 2.45) is 10.7 Å². The summed E-state index contributed by atoms with van der Waals surface area (Å²) in [6.45, 7) is 2.91. The SMILES string of the molecule is NC1=NCC2(CCN3CCCC32)N1c1ccccc1F. The molecule has 0 saturated carbocycles. The lowest BCUT2D eigenvalue weighted by Gasteiger charge is -2.40. The first-order chi connectivity index (χ1) is 9.72. The van der Waals surface area contributed by atoms with E-state index in [0.29, 0.717) is 24.2 Å². The van der Waals surface area contributed by atoms with Gasteiger partial charge in [-0.2, -0.15) is 0 Å². The summed E-state index contributed by atoms with van der Waals surface area (Å²) in [7, 11) is 0. The largest absolute Gasteiger partial charge is 0.369 e. The Morgan fingerprint density at radius 1 is 1.30 bits per heavy atom. The van der Waals surface area contributed by atoms with Crippen molar-refractivity contribution < 1.29 is 4.39 Å². The first kappa shape index (κ1) is 12.1. The minimum absolute atomic E-state index is 0.136. The summed E-state index contributed by atoms with van der Waals surface area (Å²) in [5, 5.41) is 0. The van der Waals surface area contributed by atoms with Crippen LogP contribution in [-0.4, -0.2) is 42.1 Å². The van der Waals surface area contributed by atoms with Gasteiger partial charge in [0.25, 0.3) is 0 Å².